The molecule has 0 saturated carbocycles. The summed E-state index contributed by atoms with van der Waals surface area (Å²) < 4.78 is 0. The summed E-state index contributed by atoms with van der Waals surface area (Å²) in [6.07, 6.45) is 0. The molecule has 0 radical (unpaired) electrons. The third-order valence-electron chi connectivity index (χ3n) is 3.25. The molecule has 0 spiro atoms. The van der Waals surface area contributed by atoms with Crippen molar-refractivity contribution >= 4 is 23.0 Å². The molecule has 0 fully saturated rings. The predicted molar refractivity (Wildman–Crippen MR) is 80.0 cm³/mol. The number of halogens is 1. The normalized spacial score (nSPS) is 10.4. The highest BCUT2D eigenvalue weighted by atomic mass is 35.5. The average Bonchev–Trinajstić information content (AvgIpc) is 2.37. The molecule has 2 heteroatoms. The van der Waals surface area contributed by atoms with Crippen LogP contribution in [0.25, 0.3) is 0 Å². The fraction of sp³-hybridized carbons (Fsp3) is 0.250. The van der Waals surface area contributed by atoms with E-state index in [-0.39, 0.29) is 0 Å². The maximum Gasteiger partial charge on any atom is 0.0476 e. The van der Waals surface area contributed by atoms with E-state index < -0.39 is 0 Å². The Hall–Kier alpha value is -1.47. The molecule has 2 aromatic carbocycles. The summed E-state index contributed by atoms with van der Waals surface area (Å²) in [5.41, 5.74) is 6.09. The third-order valence-corrected chi connectivity index (χ3v) is 3.53. The number of anilines is 2. The highest BCUT2D eigenvalue weighted by molar-refractivity contribution is 6.17. The zero-order valence-electron chi connectivity index (χ0n) is 11.1. The lowest BCUT2D eigenvalue weighted by Crippen LogP contribution is -2.09. The lowest BCUT2D eigenvalue weighted by molar-refractivity contribution is 1.18. The minimum Gasteiger partial charge on any atom is -0.345 e. The first-order chi connectivity index (χ1) is 8.61. The number of alkyl halides is 1. The summed E-state index contributed by atoms with van der Waals surface area (Å²) in [6, 6.07) is 14.9. The molecule has 2 rings (SSSR count). The quantitative estimate of drug-likeness (QED) is 0.715. The Morgan fingerprint density at radius 3 is 2.33 bits per heavy atom. The third kappa shape index (κ3) is 2.68. The Morgan fingerprint density at radius 2 is 1.72 bits per heavy atom. The van der Waals surface area contributed by atoms with Crippen LogP contribution in [-0.2, 0) is 5.88 Å². The molecule has 1 nitrogen and oxygen atoms in total. The first-order valence-corrected chi connectivity index (χ1v) is 6.61. The van der Waals surface area contributed by atoms with Crippen LogP contribution >= 0.6 is 11.6 Å². The highest BCUT2D eigenvalue weighted by Gasteiger charge is 2.06. The number of hydrogen-bond acceptors (Lipinski definition) is 1. The van der Waals surface area contributed by atoms with Gasteiger partial charge in [-0.05, 0) is 54.8 Å². The molecule has 0 heterocycles. The van der Waals surface area contributed by atoms with Crippen LogP contribution in [0.5, 0.6) is 0 Å². The number of hydrogen-bond donors (Lipinski definition) is 0. The zero-order chi connectivity index (χ0) is 13.1. The van der Waals surface area contributed by atoms with E-state index in [0.717, 1.165) is 0 Å². The van der Waals surface area contributed by atoms with Crippen LogP contribution < -0.4 is 4.90 Å². The molecule has 0 amide bonds. The van der Waals surface area contributed by atoms with Gasteiger partial charge in [0.2, 0.25) is 0 Å². The SMILES string of the molecule is Cc1cccc(N(C)c2ccc(CCl)c(C)c2)c1. The molecule has 0 unspecified atom stereocenters. The number of nitrogens with zero attached hydrogens (tertiary/aromatic N) is 1. The van der Waals surface area contributed by atoms with Crippen LogP contribution in [-0.4, -0.2) is 7.05 Å². The first kappa shape index (κ1) is 13.0. The van der Waals surface area contributed by atoms with E-state index in [0.29, 0.717) is 5.88 Å². The molecule has 0 bridgehead atoms. The van der Waals surface area contributed by atoms with Crippen molar-refractivity contribution in [1.29, 1.82) is 0 Å². The van der Waals surface area contributed by atoms with E-state index in [1.807, 2.05) is 0 Å². The zero-order valence-corrected chi connectivity index (χ0v) is 11.8. The molecule has 2 aromatic rings. The lowest BCUT2D eigenvalue weighted by atomic mass is 10.1. The van der Waals surface area contributed by atoms with Crippen molar-refractivity contribution in [2.75, 3.05) is 11.9 Å². The van der Waals surface area contributed by atoms with Crippen molar-refractivity contribution in [1.82, 2.24) is 0 Å². The smallest absolute Gasteiger partial charge is 0.0476 e. The maximum absolute atomic E-state index is 5.89. The first-order valence-electron chi connectivity index (χ1n) is 6.07. The van der Waals surface area contributed by atoms with E-state index in [4.69, 9.17) is 11.6 Å². The second-order valence-corrected chi connectivity index (χ2v) is 4.91. The Bertz CT molecular complexity index is 549. The fourth-order valence-corrected chi connectivity index (χ4v) is 2.32. The molecule has 94 valence electrons. The van der Waals surface area contributed by atoms with Gasteiger partial charge in [-0.15, -0.1) is 11.6 Å². The van der Waals surface area contributed by atoms with Gasteiger partial charge in [-0.2, -0.15) is 0 Å². The maximum atomic E-state index is 5.89. The number of aryl methyl sites for hydroxylation is 2. The molecule has 0 aliphatic carbocycles. The Labute approximate surface area is 114 Å². The van der Waals surface area contributed by atoms with E-state index in [1.54, 1.807) is 0 Å². The Morgan fingerprint density at radius 1 is 1.00 bits per heavy atom. The van der Waals surface area contributed by atoms with Gasteiger partial charge in [-0.3, -0.25) is 0 Å². The molecule has 0 aromatic heterocycles. The van der Waals surface area contributed by atoms with Crippen molar-refractivity contribution in [2.45, 2.75) is 19.7 Å². The lowest BCUT2D eigenvalue weighted by Gasteiger charge is -2.21. The highest BCUT2D eigenvalue weighted by Crippen LogP contribution is 2.26. The van der Waals surface area contributed by atoms with Crippen LogP contribution in [0.2, 0.25) is 0 Å². The largest absolute Gasteiger partial charge is 0.345 e. The van der Waals surface area contributed by atoms with Crippen LogP contribution in [0.3, 0.4) is 0 Å². The average molecular weight is 260 g/mol. The van der Waals surface area contributed by atoms with Gasteiger partial charge in [-0.25, -0.2) is 0 Å². The van der Waals surface area contributed by atoms with Crippen LogP contribution in [0.15, 0.2) is 42.5 Å². The molecule has 0 aliphatic rings. The number of rotatable bonds is 3. The van der Waals surface area contributed by atoms with Gasteiger partial charge in [0.25, 0.3) is 0 Å². The van der Waals surface area contributed by atoms with Crippen molar-refractivity contribution in [3.05, 3.63) is 59.2 Å². The summed E-state index contributed by atoms with van der Waals surface area (Å²) in [4.78, 5) is 2.19. The minimum absolute atomic E-state index is 0.570. The summed E-state index contributed by atoms with van der Waals surface area (Å²) in [7, 11) is 2.09. The Balaban J connectivity index is 2.34. The standard InChI is InChI=1S/C16H18ClN/c1-12-5-4-6-15(9-12)18(3)16-8-7-14(11-17)13(2)10-16/h4-10H,11H2,1-3H3. The van der Waals surface area contributed by atoms with Crippen LogP contribution in [0.1, 0.15) is 16.7 Å². The summed E-state index contributed by atoms with van der Waals surface area (Å²) >= 11 is 5.89. The van der Waals surface area contributed by atoms with Crippen LogP contribution in [0, 0.1) is 13.8 Å². The molecule has 0 saturated heterocycles. The van der Waals surface area contributed by atoms with E-state index in [2.05, 4.69) is 68.3 Å². The molecule has 18 heavy (non-hydrogen) atoms. The topological polar surface area (TPSA) is 3.24 Å². The van der Waals surface area contributed by atoms with Gasteiger partial charge in [0.05, 0.1) is 0 Å². The van der Waals surface area contributed by atoms with Crippen molar-refractivity contribution in [3.63, 3.8) is 0 Å². The monoisotopic (exact) mass is 259 g/mol. The van der Waals surface area contributed by atoms with Crippen molar-refractivity contribution in [2.24, 2.45) is 0 Å². The molecule has 0 atom stereocenters. The minimum atomic E-state index is 0.570. The van der Waals surface area contributed by atoms with Gasteiger partial charge >= 0.3 is 0 Å². The fourth-order valence-electron chi connectivity index (χ4n) is 2.02. The molecular weight excluding hydrogens is 242 g/mol. The van der Waals surface area contributed by atoms with Gasteiger partial charge in [0.15, 0.2) is 0 Å². The second-order valence-electron chi connectivity index (χ2n) is 4.64. The molecular formula is C16H18ClN. The van der Waals surface area contributed by atoms with Crippen molar-refractivity contribution < 1.29 is 0 Å². The van der Waals surface area contributed by atoms with E-state index in [1.165, 1.54) is 28.1 Å². The van der Waals surface area contributed by atoms with E-state index in [9.17, 15) is 0 Å². The van der Waals surface area contributed by atoms with Gasteiger partial charge < -0.3 is 4.90 Å². The van der Waals surface area contributed by atoms with Gasteiger partial charge in [0, 0.05) is 24.3 Å². The number of benzene rings is 2. The summed E-state index contributed by atoms with van der Waals surface area (Å²) in [5, 5.41) is 0. The van der Waals surface area contributed by atoms with Crippen molar-refractivity contribution in [3.8, 4) is 0 Å². The summed E-state index contributed by atoms with van der Waals surface area (Å²) in [6.45, 7) is 4.21. The summed E-state index contributed by atoms with van der Waals surface area (Å²) in [5.74, 6) is 0.570. The Kier molecular flexibility index (Phi) is 3.93. The van der Waals surface area contributed by atoms with Gasteiger partial charge in [-0.1, -0.05) is 18.2 Å². The predicted octanol–water partition coefficient (Wildman–Crippen LogP) is 4.81. The second kappa shape index (κ2) is 5.45. The molecule has 0 aliphatic heterocycles. The van der Waals surface area contributed by atoms with Crippen LogP contribution in [0.4, 0.5) is 11.4 Å². The van der Waals surface area contributed by atoms with Gasteiger partial charge in [0.1, 0.15) is 0 Å². The van der Waals surface area contributed by atoms with E-state index >= 15 is 0 Å². The molecule has 0 N–H and O–H groups in total.